The fourth-order valence-corrected chi connectivity index (χ4v) is 3.24. The van der Waals surface area contributed by atoms with Gasteiger partial charge < -0.3 is 13.5 Å². The molecule has 5 aromatic rings. The molecule has 3 heterocycles. The lowest BCUT2D eigenvalue weighted by molar-refractivity contribution is 0.459. The van der Waals surface area contributed by atoms with E-state index < -0.39 is 0 Å². The van der Waals surface area contributed by atoms with Gasteiger partial charge in [-0.1, -0.05) is 53.7 Å². The molecule has 0 spiro atoms. The van der Waals surface area contributed by atoms with Crippen molar-refractivity contribution in [2.24, 2.45) is 7.05 Å². The molecule has 2 aromatic carbocycles. The molecule has 5 rings (SSSR count). The first-order chi connectivity index (χ1) is 12.7. The van der Waals surface area contributed by atoms with Crippen molar-refractivity contribution < 1.29 is 8.94 Å². The number of furan rings is 1. The highest BCUT2D eigenvalue weighted by Gasteiger charge is 2.19. The van der Waals surface area contributed by atoms with Crippen LogP contribution in [0.2, 0.25) is 0 Å². The van der Waals surface area contributed by atoms with Crippen molar-refractivity contribution >= 4 is 21.9 Å². The minimum Gasteiger partial charge on any atom is -0.455 e. The molecule has 5 heteroatoms. The summed E-state index contributed by atoms with van der Waals surface area (Å²) in [5.41, 5.74) is 3.10. The molecule has 126 valence electrons. The lowest BCUT2D eigenvalue weighted by Crippen LogP contribution is -2.18. The quantitative estimate of drug-likeness (QED) is 0.470. The van der Waals surface area contributed by atoms with Gasteiger partial charge in [0.2, 0.25) is 0 Å². The van der Waals surface area contributed by atoms with Crippen molar-refractivity contribution in [2.75, 3.05) is 0 Å². The number of nitrogens with zero attached hydrogens (tertiary/aromatic N) is 2. The van der Waals surface area contributed by atoms with Crippen molar-refractivity contribution in [3.8, 4) is 22.7 Å². The van der Waals surface area contributed by atoms with Crippen LogP contribution >= 0.6 is 0 Å². The third-order valence-corrected chi connectivity index (χ3v) is 4.59. The highest BCUT2D eigenvalue weighted by Crippen LogP contribution is 2.31. The molecule has 0 fully saturated rings. The van der Waals surface area contributed by atoms with Crippen LogP contribution in [0.15, 0.2) is 80.5 Å². The van der Waals surface area contributed by atoms with Gasteiger partial charge in [0.05, 0.1) is 5.69 Å². The van der Waals surface area contributed by atoms with Crippen LogP contribution in [0.1, 0.15) is 0 Å². The first-order valence-electron chi connectivity index (χ1n) is 8.26. The molecule has 0 aliphatic heterocycles. The average Bonchev–Trinajstić information content (AvgIpc) is 3.29. The fourth-order valence-electron chi connectivity index (χ4n) is 3.24. The van der Waals surface area contributed by atoms with Gasteiger partial charge in [0, 0.05) is 24.1 Å². The van der Waals surface area contributed by atoms with E-state index in [1.54, 1.807) is 17.7 Å². The minimum atomic E-state index is -0.168. The van der Waals surface area contributed by atoms with Crippen LogP contribution in [0.4, 0.5) is 0 Å². The van der Waals surface area contributed by atoms with Crippen molar-refractivity contribution in [1.82, 2.24) is 9.72 Å². The number of pyridine rings is 1. The highest BCUT2D eigenvalue weighted by molar-refractivity contribution is 5.93. The number of hydrogen-bond acceptors (Lipinski definition) is 4. The van der Waals surface area contributed by atoms with Gasteiger partial charge in [-0.05, 0) is 12.1 Å². The van der Waals surface area contributed by atoms with Crippen LogP contribution < -0.4 is 5.56 Å². The zero-order chi connectivity index (χ0) is 17.7. The standard InChI is InChI=1S/C21H14N2O3/c1-23-15(17-11-14-9-5-6-10-16(14)25-17)12-18-19(21(23)24)20(22-26-18)13-7-3-2-4-8-13/h2-12H,1H3. The zero-order valence-corrected chi connectivity index (χ0v) is 14.0. The average molecular weight is 342 g/mol. The van der Waals surface area contributed by atoms with Crippen molar-refractivity contribution in [2.45, 2.75) is 0 Å². The lowest BCUT2D eigenvalue weighted by Gasteiger charge is -2.05. The normalized spacial score (nSPS) is 11.4. The fraction of sp³-hybridized carbons (Fsp3) is 0.0476. The number of rotatable bonds is 2. The molecule has 0 aliphatic rings. The second kappa shape index (κ2) is 5.46. The summed E-state index contributed by atoms with van der Waals surface area (Å²) in [7, 11) is 1.73. The Morgan fingerprint density at radius 2 is 1.69 bits per heavy atom. The second-order valence-corrected chi connectivity index (χ2v) is 6.18. The van der Waals surface area contributed by atoms with Crippen LogP contribution in [0.5, 0.6) is 0 Å². The van der Waals surface area contributed by atoms with Gasteiger partial charge in [-0.2, -0.15) is 0 Å². The van der Waals surface area contributed by atoms with Crippen LogP contribution in [0.3, 0.4) is 0 Å². The van der Waals surface area contributed by atoms with E-state index in [1.807, 2.05) is 60.7 Å². The van der Waals surface area contributed by atoms with Crippen LogP contribution in [0, 0.1) is 0 Å². The molecule has 0 saturated heterocycles. The maximum absolute atomic E-state index is 13.0. The Balaban J connectivity index is 1.76. The first-order valence-corrected chi connectivity index (χ1v) is 8.26. The molecule has 0 unspecified atom stereocenters. The largest absolute Gasteiger partial charge is 0.455 e. The van der Waals surface area contributed by atoms with Crippen LogP contribution in [0.25, 0.3) is 44.7 Å². The molecule has 0 atom stereocenters. The van der Waals surface area contributed by atoms with E-state index in [0.29, 0.717) is 28.1 Å². The second-order valence-electron chi connectivity index (χ2n) is 6.18. The number of aromatic nitrogens is 2. The van der Waals surface area contributed by atoms with E-state index in [-0.39, 0.29) is 5.56 Å². The summed E-state index contributed by atoms with van der Waals surface area (Å²) in [5.74, 6) is 0.616. The lowest BCUT2D eigenvalue weighted by atomic mass is 10.1. The van der Waals surface area contributed by atoms with Gasteiger partial charge >= 0.3 is 0 Å². The number of hydrogen-bond donors (Lipinski definition) is 0. The third-order valence-electron chi connectivity index (χ3n) is 4.59. The van der Waals surface area contributed by atoms with E-state index in [9.17, 15) is 4.79 Å². The Hall–Kier alpha value is -3.60. The Kier molecular flexibility index (Phi) is 3.09. The molecule has 0 radical (unpaired) electrons. The predicted octanol–water partition coefficient (Wildman–Crippen LogP) is 4.61. The molecule has 0 aliphatic carbocycles. The van der Waals surface area contributed by atoms with E-state index in [1.165, 1.54) is 0 Å². The topological polar surface area (TPSA) is 61.2 Å². The minimum absolute atomic E-state index is 0.168. The zero-order valence-electron chi connectivity index (χ0n) is 14.0. The summed E-state index contributed by atoms with van der Waals surface area (Å²) in [6.45, 7) is 0. The molecule has 26 heavy (non-hydrogen) atoms. The Morgan fingerprint density at radius 1 is 0.923 bits per heavy atom. The molecular formula is C21H14N2O3. The SMILES string of the molecule is Cn1c(-c2cc3ccccc3o2)cc2onc(-c3ccccc3)c2c1=O. The summed E-state index contributed by atoms with van der Waals surface area (Å²) in [5, 5.41) is 5.58. The van der Waals surface area contributed by atoms with E-state index >= 15 is 0 Å². The van der Waals surface area contributed by atoms with Crippen molar-refractivity contribution in [1.29, 1.82) is 0 Å². The molecule has 0 amide bonds. The van der Waals surface area contributed by atoms with Gasteiger partial charge in [0.15, 0.2) is 11.3 Å². The van der Waals surface area contributed by atoms with E-state index in [4.69, 9.17) is 8.94 Å². The van der Waals surface area contributed by atoms with Crippen LogP contribution in [-0.2, 0) is 7.05 Å². The summed E-state index contributed by atoms with van der Waals surface area (Å²) in [6, 6.07) is 21.0. The maximum Gasteiger partial charge on any atom is 0.264 e. The molecule has 0 N–H and O–H groups in total. The van der Waals surface area contributed by atoms with Gasteiger partial charge in [-0.3, -0.25) is 4.79 Å². The smallest absolute Gasteiger partial charge is 0.264 e. The van der Waals surface area contributed by atoms with Crippen molar-refractivity contribution in [3.63, 3.8) is 0 Å². The Morgan fingerprint density at radius 3 is 2.50 bits per heavy atom. The van der Waals surface area contributed by atoms with Gasteiger partial charge in [0.25, 0.3) is 5.56 Å². The summed E-state index contributed by atoms with van der Waals surface area (Å²) in [4.78, 5) is 13.0. The number of fused-ring (bicyclic) bond motifs is 2. The third kappa shape index (κ3) is 2.10. The predicted molar refractivity (Wildman–Crippen MR) is 99.9 cm³/mol. The Labute approximate surface area is 148 Å². The summed E-state index contributed by atoms with van der Waals surface area (Å²) in [6.07, 6.45) is 0. The summed E-state index contributed by atoms with van der Waals surface area (Å²) >= 11 is 0. The van der Waals surface area contributed by atoms with Gasteiger partial charge in [-0.15, -0.1) is 0 Å². The first kappa shape index (κ1) is 14.7. The molecule has 0 saturated carbocycles. The highest BCUT2D eigenvalue weighted by atomic mass is 16.5. The van der Waals surface area contributed by atoms with Crippen molar-refractivity contribution in [3.05, 3.63) is 77.1 Å². The van der Waals surface area contributed by atoms with Crippen LogP contribution in [-0.4, -0.2) is 9.72 Å². The van der Waals surface area contributed by atoms with E-state index in [2.05, 4.69) is 5.16 Å². The number of benzene rings is 2. The monoisotopic (exact) mass is 342 g/mol. The molecule has 5 nitrogen and oxygen atoms in total. The summed E-state index contributed by atoms with van der Waals surface area (Å²) < 4.78 is 13.0. The van der Waals surface area contributed by atoms with Gasteiger partial charge in [0.1, 0.15) is 16.7 Å². The number of para-hydroxylation sites is 1. The molecule has 0 bridgehead atoms. The Bertz CT molecular complexity index is 1280. The maximum atomic E-state index is 13.0. The molecule has 3 aromatic heterocycles. The van der Waals surface area contributed by atoms with Gasteiger partial charge in [-0.25, -0.2) is 0 Å². The molecular weight excluding hydrogens is 328 g/mol. The van der Waals surface area contributed by atoms with E-state index in [0.717, 1.165) is 16.5 Å².